The summed E-state index contributed by atoms with van der Waals surface area (Å²) < 4.78 is 13.2. The molecule has 3 N–H and O–H groups in total. The van der Waals surface area contributed by atoms with E-state index in [2.05, 4.69) is 5.32 Å². The van der Waals surface area contributed by atoms with Gasteiger partial charge in [0.15, 0.2) is 0 Å². The van der Waals surface area contributed by atoms with E-state index in [0.717, 1.165) is 0 Å². The predicted molar refractivity (Wildman–Crippen MR) is 64.8 cm³/mol. The first kappa shape index (κ1) is 13.6. The molecule has 0 aromatic heterocycles. The maximum absolute atomic E-state index is 13.2. The monoisotopic (exact) mass is 239 g/mol. The quantitative estimate of drug-likeness (QED) is 0.752. The number of hydrogen-bond acceptors (Lipinski definition) is 3. The summed E-state index contributed by atoms with van der Waals surface area (Å²) >= 11 is 0. The third-order valence-corrected chi connectivity index (χ3v) is 2.36. The second-order valence-electron chi connectivity index (χ2n) is 3.89. The van der Waals surface area contributed by atoms with Gasteiger partial charge in [-0.1, -0.05) is 18.2 Å². The number of carbonyl (C=O) groups is 1. The molecule has 1 amide bonds. The van der Waals surface area contributed by atoms with Gasteiger partial charge in [0.05, 0.1) is 6.54 Å². The van der Waals surface area contributed by atoms with Crippen LogP contribution >= 0.6 is 0 Å². The maximum Gasteiger partial charge on any atom is 0.234 e. The van der Waals surface area contributed by atoms with E-state index in [1.54, 1.807) is 18.2 Å². The Labute approximate surface area is 101 Å². The van der Waals surface area contributed by atoms with Crippen LogP contribution in [0.4, 0.5) is 4.39 Å². The molecule has 0 aliphatic rings. The van der Waals surface area contributed by atoms with Crippen LogP contribution in [0.3, 0.4) is 0 Å². The van der Waals surface area contributed by atoms with E-state index in [1.807, 2.05) is 11.9 Å². The molecule has 0 atom stereocenters. The van der Waals surface area contributed by atoms with Crippen LogP contribution in [0.5, 0.6) is 0 Å². The highest BCUT2D eigenvalue weighted by Crippen LogP contribution is 2.05. The summed E-state index contributed by atoms with van der Waals surface area (Å²) in [5.74, 6) is -0.438. The number of nitrogens with one attached hydrogen (secondary N) is 1. The topological polar surface area (TPSA) is 58.4 Å². The smallest absolute Gasteiger partial charge is 0.234 e. The second kappa shape index (κ2) is 6.98. The van der Waals surface area contributed by atoms with E-state index in [1.165, 1.54) is 6.07 Å². The minimum absolute atomic E-state index is 0.135. The highest BCUT2D eigenvalue weighted by molar-refractivity contribution is 5.77. The number of likely N-dealkylation sites (N-methyl/N-ethyl adjacent to an activating group) is 1. The van der Waals surface area contributed by atoms with E-state index in [-0.39, 0.29) is 24.8 Å². The zero-order valence-corrected chi connectivity index (χ0v) is 9.95. The molecule has 0 bridgehead atoms. The maximum atomic E-state index is 13.2. The Kier molecular flexibility index (Phi) is 5.59. The Balaban J connectivity index is 2.36. The highest BCUT2D eigenvalue weighted by Gasteiger charge is 2.06. The van der Waals surface area contributed by atoms with Crippen molar-refractivity contribution in [2.45, 2.75) is 6.54 Å². The molecule has 0 saturated carbocycles. The largest absolute Gasteiger partial charge is 0.351 e. The molecular formula is C12H18FN3O. The number of halogens is 1. The third-order valence-electron chi connectivity index (χ3n) is 2.36. The van der Waals surface area contributed by atoms with E-state index < -0.39 is 0 Å². The Morgan fingerprint density at radius 3 is 2.82 bits per heavy atom. The number of carbonyl (C=O) groups excluding carboxylic acids is 1. The van der Waals surface area contributed by atoms with Gasteiger partial charge in [0.1, 0.15) is 5.82 Å². The number of hydrogen-bond donors (Lipinski definition) is 2. The number of benzene rings is 1. The van der Waals surface area contributed by atoms with E-state index in [9.17, 15) is 9.18 Å². The van der Waals surface area contributed by atoms with E-state index in [4.69, 9.17) is 5.73 Å². The second-order valence-corrected chi connectivity index (χ2v) is 3.89. The van der Waals surface area contributed by atoms with Gasteiger partial charge in [-0.2, -0.15) is 0 Å². The fourth-order valence-corrected chi connectivity index (χ4v) is 1.44. The normalized spacial score (nSPS) is 10.6. The predicted octanol–water partition coefficient (Wildman–Crippen LogP) is 0.332. The zero-order chi connectivity index (χ0) is 12.7. The van der Waals surface area contributed by atoms with Crippen LogP contribution < -0.4 is 11.1 Å². The van der Waals surface area contributed by atoms with Crippen molar-refractivity contribution in [3.63, 3.8) is 0 Å². The van der Waals surface area contributed by atoms with Gasteiger partial charge in [0, 0.05) is 25.2 Å². The third kappa shape index (κ3) is 4.93. The van der Waals surface area contributed by atoms with Crippen molar-refractivity contribution in [3.05, 3.63) is 35.6 Å². The minimum atomic E-state index is -0.303. The molecule has 17 heavy (non-hydrogen) atoms. The van der Waals surface area contributed by atoms with Crippen LogP contribution in [-0.2, 0) is 11.3 Å². The lowest BCUT2D eigenvalue weighted by Gasteiger charge is -2.14. The minimum Gasteiger partial charge on any atom is -0.351 e. The van der Waals surface area contributed by atoms with E-state index >= 15 is 0 Å². The summed E-state index contributed by atoms with van der Waals surface area (Å²) in [5, 5.41) is 2.67. The number of amides is 1. The first-order valence-electron chi connectivity index (χ1n) is 5.52. The lowest BCUT2D eigenvalue weighted by atomic mass is 10.2. The molecule has 1 aromatic carbocycles. The average molecular weight is 239 g/mol. The standard InChI is InChI=1S/C12H18FN3O/c1-16(7-6-14)9-12(17)15-8-10-4-2-3-5-11(10)13/h2-5H,6-9,14H2,1H3,(H,15,17). The van der Waals surface area contributed by atoms with Crippen molar-refractivity contribution in [1.82, 2.24) is 10.2 Å². The molecule has 0 unspecified atom stereocenters. The molecule has 1 aromatic rings. The molecule has 94 valence electrons. The number of nitrogens with two attached hydrogens (primary N) is 1. The first-order valence-corrected chi connectivity index (χ1v) is 5.52. The van der Waals surface area contributed by atoms with Gasteiger partial charge < -0.3 is 11.1 Å². The summed E-state index contributed by atoms with van der Waals surface area (Å²) in [6.07, 6.45) is 0. The molecular weight excluding hydrogens is 221 g/mol. The molecule has 0 aliphatic heterocycles. The molecule has 4 nitrogen and oxygen atoms in total. The van der Waals surface area contributed by atoms with Crippen LogP contribution in [-0.4, -0.2) is 37.5 Å². The fraction of sp³-hybridized carbons (Fsp3) is 0.417. The van der Waals surface area contributed by atoms with Gasteiger partial charge in [0.2, 0.25) is 5.91 Å². The van der Waals surface area contributed by atoms with Crippen molar-refractivity contribution in [3.8, 4) is 0 Å². The summed E-state index contributed by atoms with van der Waals surface area (Å²) in [5.41, 5.74) is 5.86. The van der Waals surface area contributed by atoms with Crippen molar-refractivity contribution < 1.29 is 9.18 Å². The van der Waals surface area contributed by atoms with Gasteiger partial charge >= 0.3 is 0 Å². The molecule has 0 heterocycles. The van der Waals surface area contributed by atoms with Gasteiger partial charge in [0.25, 0.3) is 0 Å². The van der Waals surface area contributed by atoms with Crippen LogP contribution in [0.25, 0.3) is 0 Å². The summed E-state index contributed by atoms with van der Waals surface area (Å²) in [7, 11) is 1.82. The Bertz CT molecular complexity index is 371. The highest BCUT2D eigenvalue weighted by atomic mass is 19.1. The van der Waals surface area contributed by atoms with Crippen molar-refractivity contribution in [2.75, 3.05) is 26.7 Å². The van der Waals surface area contributed by atoms with Gasteiger partial charge in [-0.3, -0.25) is 9.69 Å². The summed E-state index contributed by atoms with van der Waals surface area (Å²) in [4.78, 5) is 13.3. The Morgan fingerprint density at radius 2 is 2.18 bits per heavy atom. The Hall–Kier alpha value is -1.46. The van der Waals surface area contributed by atoms with Crippen LogP contribution in [0.2, 0.25) is 0 Å². The summed E-state index contributed by atoms with van der Waals surface area (Å²) in [6, 6.07) is 6.39. The SMILES string of the molecule is CN(CCN)CC(=O)NCc1ccccc1F. The summed E-state index contributed by atoms with van der Waals surface area (Å²) in [6.45, 7) is 1.65. The average Bonchev–Trinajstić information content (AvgIpc) is 2.28. The fourth-order valence-electron chi connectivity index (χ4n) is 1.44. The number of nitrogens with zero attached hydrogens (tertiary/aromatic N) is 1. The Morgan fingerprint density at radius 1 is 1.47 bits per heavy atom. The van der Waals surface area contributed by atoms with Gasteiger partial charge in [-0.15, -0.1) is 0 Å². The van der Waals surface area contributed by atoms with Crippen LogP contribution in [0, 0.1) is 5.82 Å². The van der Waals surface area contributed by atoms with E-state index in [0.29, 0.717) is 18.7 Å². The zero-order valence-electron chi connectivity index (χ0n) is 9.95. The molecule has 1 rings (SSSR count). The van der Waals surface area contributed by atoms with Gasteiger partial charge in [-0.05, 0) is 13.1 Å². The van der Waals surface area contributed by atoms with Crippen molar-refractivity contribution >= 4 is 5.91 Å². The first-order chi connectivity index (χ1) is 8.13. The van der Waals surface area contributed by atoms with Crippen LogP contribution in [0.1, 0.15) is 5.56 Å². The van der Waals surface area contributed by atoms with Gasteiger partial charge in [-0.25, -0.2) is 4.39 Å². The van der Waals surface area contributed by atoms with Crippen LogP contribution in [0.15, 0.2) is 24.3 Å². The molecule has 0 fully saturated rings. The molecule has 0 radical (unpaired) electrons. The molecule has 0 spiro atoms. The molecule has 5 heteroatoms. The lowest BCUT2D eigenvalue weighted by molar-refractivity contribution is -0.122. The molecule has 0 aliphatic carbocycles. The van der Waals surface area contributed by atoms with Crippen molar-refractivity contribution in [1.29, 1.82) is 0 Å². The molecule has 0 saturated heterocycles. The number of rotatable bonds is 6. The lowest BCUT2D eigenvalue weighted by Crippen LogP contribution is -2.37. The van der Waals surface area contributed by atoms with Crippen molar-refractivity contribution in [2.24, 2.45) is 5.73 Å².